The van der Waals surface area contributed by atoms with Crippen molar-refractivity contribution in [1.29, 1.82) is 0 Å². The Morgan fingerprint density at radius 1 is 1.12 bits per heavy atom. The number of carbonyl (C=O) groups excluding carboxylic acids is 1. The van der Waals surface area contributed by atoms with Crippen LogP contribution in [-0.4, -0.2) is 49.1 Å². The number of piperazine rings is 1. The molecule has 0 spiro atoms. The number of nitrogens with zero attached hydrogens (tertiary/aromatic N) is 2. The number of carbonyl (C=O) groups is 1. The Bertz CT molecular complexity index is 572. The van der Waals surface area contributed by atoms with Gasteiger partial charge in [0.05, 0.1) is 6.04 Å². The van der Waals surface area contributed by atoms with E-state index in [4.69, 9.17) is 0 Å². The minimum absolute atomic E-state index is 0.0287. The van der Waals surface area contributed by atoms with Gasteiger partial charge in [0.2, 0.25) is 5.91 Å². The van der Waals surface area contributed by atoms with Crippen LogP contribution >= 0.6 is 0 Å². The van der Waals surface area contributed by atoms with Gasteiger partial charge in [-0.05, 0) is 63.1 Å². The summed E-state index contributed by atoms with van der Waals surface area (Å²) in [5.74, 6) is 1.03. The number of anilines is 1. The molecule has 1 saturated heterocycles. The second kappa shape index (κ2) is 8.22. The predicted molar refractivity (Wildman–Crippen MR) is 104 cm³/mol. The number of aryl methyl sites for hydroxylation is 1. The molecule has 1 aliphatic carbocycles. The van der Waals surface area contributed by atoms with Crippen molar-refractivity contribution in [2.24, 2.45) is 5.92 Å². The highest BCUT2D eigenvalue weighted by Crippen LogP contribution is 2.24. The van der Waals surface area contributed by atoms with Crippen molar-refractivity contribution in [2.45, 2.75) is 58.5 Å². The molecule has 1 amide bonds. The largest absolute Gasteiger partial charge is 0.369 e. The standard InChI is InChI=1S/C21H33N3O/c1-16-7-9-19(10-8-16)22-21(25)18(3)23-11-13-24(14-12-23)20-6-4-5-17(2)15-20/h4-6,15-16,18-19H,7-14H2,1-3H3,(H,22,25)/t16?,18-,19?/m1/s1. The van der Waals surface area contributed by atoms with Gasteiger partial charge in [0.25, 0.3) is 0 Å². The highest BCUT2D eigenvalue weighted by molar-refractivity contribution is 5.81. The minimum Gasteiger partial charge on any atom is -0.369 e. The van der Waals surface area contributed by atoms with E-state index in [0.29, 0.717) is 6.04 Å². The van der Waals surface area contributed by atoms with Gasteiger partial charge >= 0.3 is 0 Å². The Balaban J connectivity index is 1.47. The fraction of sp³-hybridized carbons (Fsp3) is 0.667. The maximum absolute atomic E-state index is 12.6. The van der Waals surface area contributed by atoms with E-state index < -0.39 is 0 Å². The molecule has 1 aliphatic heterocycles. The van der Waals surface area contributed by atoms with Crippen LogP contribution in [0.25, 0.3) is 0 Å². The van der Waals surface area contributed by atoms with Gasteiger partial charge in [-0.15, -0.1) is 0 Å². The van der Waals surface area contributed by atoms with Crippen LogP contribution < -0.4 is 10.2 Å². The molecular formula is C21H33N3O. The molecule has 4 heteroatoms. The molecule has 0 aromatic heterocycles. The smallest absolute Gasteiger partial charge is 0.237 e. The van der Waals surface area contributed by atoms with Crippen LogP contribution in [0.3, 0.4) is 0 Å². The number of rotatable bonds is 4. The van der Waals surface area contributed by atoms with Gasteiger partial charge in [0.1, 0.15) is 0 Å². The zero-order valence-corrected chi connectivity index (χ0v) is 16.0. The van der Waals surface area contributed by atoms with E-state index in [9.17, 15) is 4.79 Å². The van der Waals surface area contributed by atoms with E-state index >= 15 is 0 Å². The number of hydrogen-bond donors (Lipinski definition) is 1. The zero-order chi connectivity index (χ0) is 17.8. The normalized spacial score (nSPS) is 26.3. The Hall–Kier alpha value is -1.55. The summed E-state index contributed by atoms with van der Waals surface area (Å²) >= 11 is 0. The second-order valence-electron chi connectivity index (χ2n) is 8.00. The summed E-state index contributed by atoms with van der Waals surface area (Å²) in [6.07, 6.45) is 4.77. The van der Waals surface area contributed by atoms with Gasteiger partial charge in [0.15, 0.2) is 0 Å². The fourth-order valence-corrected chi connectivity index (χ4v) is 4.08. The summed E-state index contributed by atoms with van der Waals surface area (Å²) in [6.45, 7) is 10.4. The molecule has 25 heavy (non-hydrogen) atoms. The maximum Gasteiger partial charge on any atom is 0.237 e. The third-order valence-corrected chi connectivity index (χ3v) is 5.97. The molecule has 1 N–H and O–H groups in total. The molecule has 138 valence electrons. The number of nitrogens with one attached hydrogen (secondary N) is 1. The monoisotopic (exact) mass is 343 g/mol. The Morgan fingerprint density at radius 3 is 2.44 bits per heavy atom. The molecule has 2 fully saturated rings. The Morgan fingerprint density at radius 2 is 1.80 bits per heavy atom. The second-order valence-corrected chi connectivity index (χ2v) is 8.00. The molecule has 1 atom stereocenters. The van der Waals surface area contributed by atoms with Crippen LogP contribution in [0, 0.1) is 12.8 Å². The van der Waals surface area contributed by atoms with E-state index in [0.717, 1.165) is 44.9 Å². The van der Waals surface area contributed by atoms with Crippen LogP contribution in [0.4, 0.5) is 5.69 Å². The van der Waals surface area contributed by atoms with Crippen LogP contribution in [0.1, 0.15) is 45.1 Å². The van der Waals surface area contributed by atoms with Crippen molar-refractivity contribution in [2.75, 3.05) is 31.1 Å². The van der Waals surface area contributed by atoms with E-state index in [1.807, 2.05) is 0 Å². The van der Waals surface area contributed by atoms with Crippen molar-refractivity contribution in [3.05, 3.63) is 29.8 Å². The molecular weight excluding hydrogens is 310 g/mol. The van der Waals surface area contributed by atoms with Gasteiger partial charge in [-0.25, -0.2) is 0 Å². The quantitative estimate of drug-likeness (QED) is 0.912. The zero-order valence-electron chi connectivity index (χ0n) is 16.0. The minimum atomic E-state index is -0.0287. The molecule has 0 radical (unpaired) electrons. The summed E-state index contributed by atoms with van der Waals surface area (Å²) in [7, 11) is 0. The molecule has 1 saturated carbocycles. The molecule has 0 unspecified atom stereocenters. The molecule has 1 aromatic carbocycles. The van der Waals surface area contributed by atoms with Crippen LogP contribution in [0.15, 0.2) is 24.3 Å². The first-order valence-corrected chi connectivity index (χ1v) is 9.89. The first-order valence-electron chi connectivity index (χ1n) is 9.89. The fourth-order valence-electron chi connectivity index (χ4n) is 4.08. The lowest BCUT2D eigenvalue weighted by Gasteiger charge is -2.39. The highest BCUT2D eigenvalue weighted by Gasteiger charge is 2.28. The third kappa shape index (κ3) is 4.75. The molecule has 1 aromatic rings. The summed E-state index contributed by atoms with van der Waals surface area (Å²) in [6, 6.07) is 9.05. The number of hydrogen-bond acceptors (Lipinski definition) is 3. The first kappa shape index (κ1) is 18.2. The number of benzene rings is 1. The predicted octanol–water partition coefficient (Wildman–Crippen LogP) is 3.20. The topological polar surface area (TPSA) is 35.6 Å². The van der Waals surface area contributed by atoms with Crippen molar-refractivity contribution >= 4 is 11.6 Å². The van der Waals surface area contributed by atoms with Gasteiger partial charge in [-0.3, -0.25) is 9.69 Å². The Labute approximate surface area is 152 Å². The SMILES string of the molecule is Cc1cccc(N2CCN([C@H](C)C(=O)NC3CCC(C)CC3)CC2)c1. The lowest BCUT2D eigenvalue weighted by molar-refractivity contribution is -0.127. The van der Waals surface area contributed by atoms with Gasteiger partial charge in [0, 0.05) is 37.9 Å². The molecule has 1 heterocycles. The lowest BCUT2D eigenvalue weighted by Crippen LogP contribution is -2.55. The summed E-state index contributed by atoms with van der Waals surface area (Å²) in [5, 5.41) is 3.29. The molecule has 4 nitrogen and oxygen atoms in total. The van der Waals surface area contributed by atoms with E-state index in [1.165, 1.54) is 24.1 Å². The third-order valence-electron chi connectivity index (χ3n) is 5.97. The molecule has 0 bridgehead atoms. The average molecular weight is 344 g/mol. The Kier molecular flexibility index (Phi) is 6.00. The van der Waals surface area contributed by atoms with E-state index in [1.54, 1.807) is 0 Å². The van der Waals surface area contributed by atoms with Crippen molar-refractivity contribution < 1.29 is 4.79 Å². The molecule has 2 aliphatic rings. The maximum atomic E-state index is 12.6. The first-order chi connectivity index (χ1) is 12.0. The van der Waals surface area contributed by atoms with Crippen LogP contribution in [0.5, 0.6) is 0 Å². The number of amides is 1. The van der Waals surface area contributed by atoms with Crippen molar-refractivity contribution in [1.82, 2.24) is 10.2 Å². The summed E-state index contributed by atoms with van der Waals surface area (Å²) in [4.78, 5) is 17.4. The van der Waals surface area contributed by atoms with Crippen LogP contribution in [0.2, 0.25) is 0 Å². The lowest BCUT2D eigenvalue weighted by atomic mass is 9.87. The van der Waals surface area contributed by atoms with Crippen LogP contribution in [-0.2, 0) is 4.79 Å². The molecule has 3 rings (SSSR count). The highest BCUT2D eigenvalue weighted by atomic mass is 16.2. The van der Waals surface area contributed by atoms with E-state index in [-0.39, 0.29) is 11.9 Å². The van der Waals surface area contributed by atoms with Gasteiger partial charge in [-0.1, -0.05) is 19.1 Å². The van der Waals surface area contributed by atoms with Crippen molar-refractivity contribution in [3.8, 4) is 0 Å². The van der Waals surface area contributed by atoms with E-state index in [2.05, 4.69) is 60.2 Å². The van der Waals surface area contributed by atoms with Crippen molar-refractivity contribution in [3.63, 3.8) is 0 Å². The summed E-state index contributed by atoms with van der Waals surface area (Å²) < 4.78 is 0. The summed E-state index contributed by atoms with van der Waals surface area (Å²) in [5.41, 5.74) is 2.60. The van der Waals surface area contributed by atoms with Gasteiger partial charge in [-0.2, -0.15) is 0 Å². The average Bonchev–Trinajstić information content (AvgIpc) is 2.63. The van der Waals surface area contributed by atoms with Gasteiger partial charge < -0.3 is 10.2 Å².